The molecule has 0 aromatic carbocycles. The van der Waals surface area contributed by atoms with Gasteiger partial charge in [0, 0.05) is 19.5 Å². The van der Waals surface area contributed by atoms with Crippen molar-refractivity contribution in [2.75, 3.05) is 33.7 Å². The number of carbonyl (C=O) groups is 1. The van der Waals surface area contributed by atoms with Crippen LogP contribution in [0.4, 0.5) is 0 Å². The van der Waals surface area contributed by atoms with Crippen molar-refractivity contribution in [2.45, 2.75) is 26.7 Å². The van der Waals surface area contributed by atoms with E-state index in [2.05, 4.69) is 11.9 Å². The molecule has 0 atom stereocenters. The van der Waals surface area contributed by atoms with Gasteiger partial charge in [-0.3, -0.25) is 4.79 Å². The van der Waals surface area contributed by atoms with Crippen molar-refractivity contribution in [3.8, 4) is 0 Å². The van der Waals surface area contributed by atoms with Crippen LogP contribution in [0.3, 0.4) is 0 Å². The van der Waals surface area contributed by atoms with Gasteiger partial charge in [-0.05, 0) is 38.9 Å². The van der Waals surface area contributed by atoms with Gasteiger partial charge in [0.2, 0.25) is 5.91 Å². The van der Waals surface area contributed by atoms with Crippen molar-refractivity contribution in [2.24, 2.45) is 11.8 Å². The van der Waals surface area contributed by atoms with Gasteiger partial charge in [-0.2, -0.15) is 0 Å². The maximum atomic E-state index is 11.7. The van der Waals surface area contributed by atoms with Gasteiger partial charge in [-0.15, -0.1) is 0 Å². The molecular weight excluding hydrogens is 188 g/mol. The molecule has 3 heteroatoms. The van der Waals surface area contributed by atoms with Crippen molar-refractivity contribution in [1.29, 1.82) is 0 Å². The highest BCUT2D eigenvalue weighted by Crippen LogP contribution is 2.17. The predicted octanol–water partition coefficient (Wildman–Crippen LogP) is 1.44. The topological polar surface area (TPSA) is 23.6 Å². The smallest absolute Gasteiger partial charge is 0.224 e. The van der Waals surface area contributed by atoms with E-state index in [9.17, 15) is 4.79 Å². The molecule has 3 nitrogen and oxygen atoms in total. The summed E-state index contributed by atoms with van der Waals surface area (Å²) in [5.74, 6) is 1.10. The Bertz CT molecular complexity index is 208. The van der Waals surface area contributed by atoms with Gasteiger partial charge in [0.1, 0.15) is 0 Å². The van der Waals surface area contributed by atoms with E-state index in [0.717, 1.165) is 6.54 Å². The summed E-state index contributed by atoms with van der Waals surface area (Å²) in [4.78, 5) is 16.0. The summed E-state index contributed by atoms with van der Waals surface area (Å²) in [7, 11) is 4.10. The largest absolute Gasteiger partial charge is 0.345 e. The Hall–Kier alpha value is -0.570. The van der Waals surface area contributed by atoms with Gasteiger partial charge >= 0.3 is 0 Å². The Morgan fingerprint density at radius 2 is 1.93 bits per heavy atom. The van der Waals surface area contributed by atoms with E-state index in [1.807, 2.05) is 25.8 Å². The van der Waals surface area contributed by atoms with E-state index < -0.39 is 0 Å². The Morgan fingerprint density at radius 1 is 1.40 bits per heavy atom. The number of hydrogen-bond donors (Lipinski definition) is 0. The number of piperidine rings is 1. The summed E-state index contributed by atoms with van der Waals surface area (Å²) >= 11 is 0. The summed E-state index contributed by atoms with van der Waals surface area (Å²) in [6.45, 7) is 7.22. The van der Waals surface area contributed by atoms with Crippen molar-refractivity contribution in [3.63, 3.8) is 0 Å². The number of likely N-dealkylation sites (tertiary alicyclic amines) is 1. The number of nitrogens with zero attached hydrogens (tertiary/aromatic N) is 2. The SMILES string of the molecule is CC(C)C(=O)N(C)CC1CCN(C)CC1. The Kier molecular flexibility index (Phi) is 4.58. The van der Waals surface area contributed by atoms with Gasteiger partial charge in [0.15, 0.2) is 0 Å². The molecule has 0 aromatic rings. The molecule has 1 rings (SSSR count). The van der Waals surface area contributed by atoms with Crippen LogP contribution in [0.2, 0.25) is 0 Å². The van der Waals surface area contributed by atoms with Crippen molar-refractivity contribution >= 4 is 5.91 Å². The van der Waals surface area contributed by atoms with Gasteiger partial charge in [-0.25, -0.2) is 0 Å². The maximum Gasteiger partial charge on any atom is 0.224 e. The number of carbonyl (C=O) groups excluding carboxylic acids is 1. The highest BCUT2D eigenvalue weighted by molar-refractivity contribution is 5.77. The molecule has 0 aromatic heterocycles. The van der Waals surface area contributed by atoms with Crippen molar-refractivity contribution in [1.82, 2.24) is 9.80 Å². The Balaban J connectivity index is 2.32. The minimum atomic E-state index is 0.126. The number of amides is 1. The molecule has 1 fully saturated rings. The van der Waals surface area contributed by atoms with E-state index in [-0.39, 0.29) is 11.8 Å². The fourth-order valence-corrected chi connectivity index (χ4v) is 2.16. The zero-order chi connectivity index (χ0) is 11.4. The first-order valence-corrected chi connectivity index (χ1v) is 5.94. The van der Waals surface area contributed by atoms with E-state index in [0.29, 0.717) is 5.92 Å². The van der Waals surface area contributed by atoms with Gasteiger partial charge in [-0.1, -0.05) is 13.8 Å². The second-order valence-electron chi connectivity index (χ2n) is 5.12. The van der Waals surface area contributed by atoms with Crippen molar-refractivity contribution in [3.05, 3.63) is 0 Å². The standard InChI is InChI=1S/C12H24N2O/c1-10(2)12(15)14(4)9-11-5-7-13(3)8-6-11/h10-11H,5-9H2,1-4H3. The average molecular weight is 212 g/mol. The van der Waals surface area contributed by atoms with Gasteiger partial charge in [0.25, 0.3) is 0 Å². The third-order valence-corrected chi connectivity index (χ3v) is 3.24. The fourth-order valence-electron chi connectivity index (χ4n) is 2.16. The zero-order valence-corrected chi connectivity index (χ0v) is 10.5. The summed E-state index contributed by atoms with van der Waals surface area (Å²) in [5.41, 5.74) is 0. The lowest BCUT2D eigenvalue weighted by molar-refractivity contribution is -0.133. The van der Waals surface area contributed by atoms with E-state index in [1.54, 1.807) is 0 Å². The molecule has 0 radical (unpaired) electrons. The lowest BCUT2D eigenvalue weighted by Gasteiger charge is -2.32. The first-order chi connectivity index (χ1) is 7.00. The number of rotatable bonds is 3. The molecule has 1 amide bonds. The first-order valence-electron chi connectivity index (χ1n) is 5.94. The molecule has 0 spiro atoms. The monoisotopic (exact) mass is 212 g/mol. The number of hydrogen-bond acceptors (Lipinski definition) is 2. The second kappa shape index (κ2) is 5.50. The van der Waals surface area contributed by atoms with Crippen LogP contribution in [0.5, 0.6) is 0 Å². The minimum absolute atomic E-state index is 0.126. The summed E-state index contributed by atoms with van der Waals surface area (Å²) in [5, 5.41) is 0. The summed E-state index contributed by atoms with van der Waals surface area (Å²) < 4.78 is 0. The molecule has 1 aliphatic rings. The quantitative estimate of drug-likeness (QED) is 0.707. The molecule has 0 N–H and O–H groups in total. The molecule has 0 aliphatic carbocycles. The van der Waals surface area contributed by atoms with E-state index in [4.69, 9.17) is 0 Å². The van der Waals surface area contributed by atoms with Crippen LogP contribution in [0.25, 0.3) is 0 Å². The second-order valence-corrected chi connectivity index (χ2v) is 5.12. The third kappa shape index (κ3) is 3.82. The maximum absolute atomic E-state index is 11.7. The molecule has 0 bridgehead atoms. The molecule has 1 saturated heterocycles. The zero-order valence-electron chi connectivity index (χ0n) is 10.5. The molecule has 1 heterocycles. The molecule has 1 aliphatic heterocycles. The normalized spacial score (nSPS) is 19.5. The highest BCUT2D eigenvalue weighted by atomic mass is 16.2. The summed E-state index contributed by atoms with van der Waals surface area (Å²) in [6, 6.07) is 0. The van der Waals surface area contributed by atoms with Crippen LogP contribution < -0.4 is 0 Å². The van der Waals surface area contributed by atoms with Gasteiger partial charge < -0.3 is 9.80 Å². The Labute approximate surface area is 93.4 Å². The lowest BCUT2D eigenvalue weighted by Crippen LogP contribution is -2.39. The van der Waals surface area contributed by atoms with Crippen LogP contribution in [-0.2, 0) is 4.79 Å². The summed E-state index contributed by atoms with van der Waals surface area (Å²) in [6.07, 6.45) is 2.46. The van der Waals surface area contributed by atoms with E-state index >= 15 is 0 Å². The van der Waals surface area contributed by atoms with E-state index in [1.165, 1.54) is 25.9 Å². The molecule has 88 valence electrons. The Morgan fingerprint density at radius 3 is 2.40 bits per heavy atom. The predicted molar refractivity (Wildman–Crippen MR) is 62.7 cm³/mol. The van der Waals surface area contributed by atoms with Crippen LogP contribution >= 0.6 is 0 Å². The minimum Gasteiger partial charge on any atom is -0.345 e. The van der Waals surface area contributed by atoms with Crippen LogP contribution in [0.15, 0.2) is 0 Å². The van der Waals surface area contributed by atoms with Crippen LogP contribution in [0, 0.1) is 11.8 Å². The first kappa shape index (κ1) is 12.5. The molecule has 0 saturated carbocycles. The lowest BCUT2D eigenvalue weighted by atomic mass is 9.96. The van der Waals surface area contributed by atoms with Crippen LogP contribution in [-0.4, -0.2) is 49.4 Å². The highest BCUT2D eigenvalue weighted by Gasteiger charge is 2.21. The molecule has 15 heavy (non-hydrogen) atoms. The fraction of sp³-hybridized carbons (Fsp3) is 0.917. The third-order valence-electron chi connectivity index (χ3n) is 3.24. The molecule has 0 unspecified atom stereocenters. The molecular formula is C12H24N2O. The van der Waals surface area contributed by atoms with Crippen molar-refractivity contribution < 1.29 is 4.79 Å². The average Bonchev–Trinajstić information content (AvgIpc) is 2.20. The van der Waals surface area contributed by atoms with Gasteiger partial charge in [0.05, 0.1) is 0 Å². The van der Waals surface area contributed by atoms with Crippen LogP contribution in [0.1, 0.15) is 26.7 Å².